The van der Waals surface area contributed by atoms with Gasteiger partial charge < -0.3 is 9.73 Å². The quantitative estimate of drug-likeness (QED) is 0.774. The fourth-order valence-electron chi connectivity index (χ4n) is 2.46. The normalized spacial score (nSPS) is 12.9. The summed E-state index contributed by atoms with van der Waals surface area (Å²) in [5.74, 6) is 0.883. The Balaban J connectivity index is 2.02. The standard InChI is InChI=1S/C15H18N4O/c1-3-8-19-12(10-17-18-19)15(16-2)14-9-11-6-4-5-7-13(11)20-14/h4-7,9-10,15-16H,3,8H2,1-2H3. The SMILES string of the molecule is CCCn1nncc1C(NC)c1cc2ccccc2o1. The van der Waals surface area contributed by atoms with Crippen LogP contribution < -0.4 is 5.32 Å². The molecule has 0 aliphatic heterocycles. The number of fused-ring (bicyclic) bond motifs is 1. The van der Waals surface area contributed by atoms with Crippen molar-refractivity contribution < 1.29 is 4.42 Å². The molecule has 1 atom stereocenters. The van der Waals surface area contributed by atoms with E-state index in [1.807, 2.05) is 29.9 Å². The van der Waals surface area contributed by atoms with E-state index in [0.717, 1.165) is 35.4 Å². The van der Waals surface area contributed by atoms with Crippen molar-refractivity contribution >= 4 is 11.0 Å². The number of aryl methyl sites for hydroxylation is 1. The van der Waals surface area contributed by atoms with E-state index in [1.54, 1.807) is 6.20 Å². The second-order valence-corrected chi connectivity index (χ2v) is 4.79. The highest BCUT2D eigenvalue weighted by atomic mass is 16.3. The first kappa shape index (κ1) is 12.9. The Morgan fingerprint density at radius 1 is 1.35 bits per heavy atom. The summed E-state index contributed by atoms with van der Waals surface area (Å²) in [5.41, 5.74) is 1.92. The molecular formula is C15H18N4O. The van der Waals surface area contributed by atoms with Crippen molar-refractivity contribution in [3.05, 3.63) is 48.0 Å². The van der Waals surface area contributed by atoms with Gasteiger partial charge in [-0.2, -0.15) is 0 Å². The van der Waals surface area contributed by atoms with Crippen molar-refractivity contribution in [2.75, 3.05) is 7.05 Å². The summed E-state index contributed by atoms with van der Waals surface area (Å²) in [6, 6.07) is 10.1. The van der Waals surface area contributed by atoms with Crippen LogP contribution in [0.1, 0.15) is 30.8 Å². The molecule has 0 aliphatic carbocycles. The number of rotatable bonds is 5. The van der Waals surface area contributed by atoms with E-state index in [0.29, 0.717) is 0 Å². The molecule has 0 radical (unpaired) electrons. The van der Waals surface area contributed by atoms with Crippen LogP contribution in [0.5, 0.6) is 0 Å². The molecule has 2 heterocycles. The molecule has 5 heteroatoms. The molecule has 1 unspecified atom stereocenters. The van der Waals surface area contributed by atoms with Gasteiger partial charge in [0, 0.05) is 11.9 Å². The number of nitrogens with one attached hydrogen (secondary N) is 1. The second-order valence-electron chi connectivity index (χ2n) is 4.79. The Morgan fingerprint density at radius 2 is 2.20 bits per heavy atom. The molecule has 0 fully saturated rings. The molecule has 1 aromatic carbocycles. The van der Waals surface area contributed by atoms with Crippen molar-refractivity contribution in [2.45, 2.75) is 25.9 Å². The van der Waals surface area contributed by atoms with Crippen LogP contribution >= 0.6 is 0 Å². The molecule has 3 rings (SSSR count). The van der Waals surface area contributed by atoms with Crippen LogP contribution in [0.3, 0.4) is 0 Å². The fourth-order valence-corrected chi connectivity index (χ4v) is 2.46. The third kappa shape index (κ3) is 2.20. The van der Waals surface area contributed by atoms with E-state index in [9.17, 15) is 0 Å². The maximum Gasteiger partial charge on any atom is 0.134 e. The Bertz CT molecular complexity index is 668. The lowest BCUT2D eigenvalue weighted by molar-refractivity contribution is 0.457. The molecule has 20 heavy (non-hydrogen) atoms. The third-order valence-electron chi connectivity index (χ3n) is 3.40. The zero-order valence-corrected chi connectivity index (χ0v) is 11.7. The third-order valence-corrected chi connectivity index (χ3v) is 3.40. The van der Waals surface area contributed by atoms with Gasteiger partial charge in [-0.3, -0.25) is 0 Å². The van der Waals surface area contributed by atoms with Crippen molar-refractivity contribution in [3.63, 3.8) is 0 Å². The maximum absolute atomic E-state index is 5.95. The van der Waals surface area contributed by atoms with E-state index >= 15 is 0 Å². The molecule has 0 saturated heterocycles. The van der Waals surface area contributed by atoms with Gasteiger partial charge in [0.25, 0.3) is 0 Å². The van der Waals surface area contributed by atoms with Crippen LogP contribution in [0.2, 0.25) is 0 Å². The van der Waals surface area contributed by atoms with Gasteiger partial charge in [-0.15, -0.1) is 5.10 Å². The van der Waals surface area contributed by atoms with Gasteiger partial charge in [-0.1, -0.05) is 30.3 Å². The number of furan rings is 1. The molecule has 0 spiro atoms. The largest absolute Gasteiger partial charge is 0.459 e. The summed E-state index contributed by atoms with van der Waals surface area (Å²) in [7, 11) is 1.92. The Morgan fingerprint density at radius 3 is 2.95 bits per heavy atom. The molecule has 0 saturated carbocycles. The molecule has 0 aliphatic rings. The fraction of sp³-hybridized carbons (Fsp3) is 0.333. The van der Waals surface area contributed by atoms with Crippen LogP contribution in [-0.2, 0) is 6.54 Å². The summed E-state index contributed by atoms with van der Waals surface area (Å²) < 4.78 is 7.87. The summed E-state index contributed by atoms with van der Waals surface area (Å²) in [5, 5.41) is 12.6. The average molecular weight is 270 g/mol. The maximum atomic E-state index is 5.95. The Labute approximate surface area is 117 Å². The van der Waals surface area contributed by atoms with Crippen molar-refractivity contribution in [2.24, 2.45) is 0 Å². The predicted molar refractivity (Wildman–Crippen MR) is 77.4 cm³/mol. The highest BCUT2D eigenvalue weighted by Gasteiger charge is 2.21. The van der Waals surface area contributed by atoms with Gasteiger partial charge in [-0.25, -0.2) is 4.68 Å². The monoisotopic (exact) mass is 270 g/mol. The van der Waals surface area contributed by atoms with Gasteiger partial charge in [0.1, 0.15) is 17.4 Å². The van der Waals surface area contributed by atoms with Gasteiger partial charge in [0.05, 0.1) is 11.9 Å². The predicted octanol–water partition coefficient (Wildman–Crippen LogP) is 2.74. The highest BCUT2D eigenvalue weighted by Crippen LogP contribution is 2.27. The Kier molecular flexibility index (Phi) is 3.52. The lowest BCUT2D eigenvalue weighted by Crippen LogP contribution is -2.21. The number of hydrogen-bond donors (Lipinski definition) is 1. The topological polar surface area (TPSA) is 55.9 Å². The highest BCUT2D eigenvalue weighted by molar-refractivity contribution is 5.77. The van der Waals surface area contributed by atoms with Crippen molar-refractivity contribution in [1.82, 2.24) is 20.3 Å². The lowest BCUT2D eigenvalue weighted by Gasteiger charge is -2.14. The second kappa shape index (κ2) is 5.46. The van der Waals surface area contributed by atoms with Crippen LogP contribution in [0, 0.1) is 0 Å². The average Bonchev–Trinajstić information content (AvgIpc) is 3.07. The van der Waals surface area contributed by atoms with E-state index in [-0.39, 0.29) is 6.04 Å². The molecule has 0 bridgehead atoms. The van der Waals surface area contributed by atoms with Gasteiger partial charge in [0.2, 0.25) is 0 Å². The number of hydrogen-bond acceptors (Lipinski definition) is 4. The Hall–Kier alpha value is -2.14. The summed E-state index contributed by atoms with van der Waals surface area (Å²) in [6.07, 6.45) is 2.82. The number of benzene rings is 1. The van der Waals surface area contributed by atoms with E-state index in [2.05, 4.69) is 34.7 Å². The zero-order chi connectivity index (χ0) is 13.9. The van der Waals surface area contributed by atoms with Crippen LogP contribution in [-0.4, -0.2) is 22.0 Å². The van der Waals surface area contributed by atoms with E-state index < -0.39 is 0 Å². The molecule has 104 valence electrons. The van der Waals surface area contributed by atoms with Gasteiger partial charge in [-0.05, 0) is 25.6 Å². The van der Waals surface area contributed by atoms with Gasteiger partial charge in [0.15, 0.2) is 0 Å². The first-order valence-electron chi connectivity index (χ1n) is 6.87. The number of para-hydroxylation sites is 1. The first-order chi connectivity index (χ1) is 9.83. The summed E-state index contributed by atoms with van der Waals surface area (Å²) >= 11 is 0. The molecule has 3 aromatic rings. The lowest BCUT2D eigenvalue weighted by atomic mass is 10.1. The zero-order valence-electron chi connectivity index (χ0n) is 11.7. The minimum absolute atomic E-state index is 0.0380. The van der Waals surface area contributed by atoms with Crippen molar-refractivity contribution in [1.29, 1.82) is 0 Å². The molecule has 2 aromatic heterocycles. The van der Waals surface area contributed by atoms with Crippen LogP contribution in [0.4, 0.5) is 0 Å². The first-order valence-corrected chi connectivity index (χ1v) is 6.87. The minimum Gasteiger partial charge on any atom is -0.459 e. The smallest absolute Gasteiger partial charge is 0.134 e. The number of nitrogens with zero attached hydrogens (tertiary/aromatic N) is 3. The molecule has 5 nitrogen and oxygen atoms in total. The van der Waals surface area contributed by atoms with Gasteiger partial charge >= 0.3 is 0 Å². The van der Waals surface area contributed by atoms with Crippen molar-refractivity contribution in [3.8, 4) is 0 Å². The number of aromatic nitrogens is 3. The molecular weight excluding hydrogens is 252 g/mol. The minimum atomic E-state index is -0.0380. The summed E-state index contributed by atoms with van der Waals surface area (Å²) in [4.78, 5) is 0. The summed E-state index contributed by atoms with van der Waals surface area (Å²) in [6.45, 7) is 2.98. The van der Waals surface area contributed by atoms with Crippen LogP contribution in [0.25, 0.3) is 11.0 Å². The van der Waals surface area contributed by atoms with E-state index in [1.165, 1.54) is 0 Å². The van der Waals surface area contributed by atoms with E-state index in [4.69, 9.17) is 4.42 Å². The molecule has 0 amide bonds. The van der Waals surface area contributed by atoms with Crippen LogP contribution in [0.15, 0.2) is 40.9 Å². The molecule has 1 N–H and O–H groups in total.